The van der Waals surface area contributed by atoms with Crippen LogP contribution in [0.4, 0.5) is 5.82 Å². The molecule has 1 saturated heterocycles. The Bertz CT molecular complexity index is 951. The molecular weight excluding hydrogens is 424 g/mol. The molecular formula is C20H21BrN4O3. The molecule has 1 atom stereocenters. The first-order chi connectivity index (χ1) is 13.6. The maximum Gasteiger partial charge on any atom is 0.287 e. The van der Waals surface area contributed by atoms with Gasteiger partial charge in [0.15, 0.2) is 16.2 Å². The Kier molecular flexibility index (Phi) is 5.38. The van der Waals surface area contributed by atoms with E-state index in [0.29, 0.717) is 17.0 Å². The number of aromatic amines is 1. The lowest BCUT2D eigenvalue weighted by Crippen LogP contribution is -2.47. The first kappa shape index (κ1) is 18.6. The fraction of sp³-hybridized carbons (Fsp3) is 0.300. The molecule has 1 amide bonds. The van der Waals surface area contributed by atoms with Gasteiger partial charge in [0, 0.05) is 25.2 Å². The van der Waals surface area contributed by atoms with Crippen molar-refractivity contribution in [3.8, 4) is 17.0 Å². The summed E-state index contributed by atoms with van der Waals surface area (Å²) in [5, 5.41) is 10.6. The summed E-state index contributed by atoms with van der Waals surface area (Å²) in [5.41, 5.74) is 1.99. The van der Waals surface area contributed by atoms with E-state index in [1.54, 1.807) is 19.2 Å². The highest BCUT2D eigenvalue weighted by Crippen LogP contribution is 2.26. The fourth-order valence-electron chi connectivity index (χ4n) is 3.39. The SMILES string of the molecule is COc1ccc(-c2cc(N3CCC[C@@H](NC(=O)c4ccc(Br)o4)C3)n[nH]2)cc1. The zero-order chi connectivity index (χ0) is 19.5. The number of nitrogens with one attached hydrogen (secondary N) is 2. The van der Waals surface area contributed by atoms with Crippen LogP contribution in [0.1, 0.15) is 23.4 Å². The quantitative estimate of drug-likeness (QED) is 0.624. The number of H-pyrrole nitrogens is 1. The second kappa shape index (κ2) is 8.10. The van der Waals surface area contributed by atoms with E-state index >= 15 is 0 Å². The molecule has 7 nitrogen and oxygen atoms in total. The van der Waals surface area contributed by atoms with Gasteiger partial charge < -0.3 is 19.4 Å². The average Bonchev–Trinajstić information content (AvgIpc) is 3.38. The Hall–Kier alpha value is -2.74. The number of furan rings is 1. The number of carbonyl (C=O) groups excluding carboxylic acids is 1. The molecule has 2 N–H and O–H groups in total. The lowest BCUT2D eigenvalue weighted by atomic mass is 10.1. The Morgan fingerprint density at radius 3 is 2.86 bits per heavy atom. The predicted molar refractivity (Wildman–Crippen MR) is 110 cm³/mol. The topological polar surface area (TPSA) is 83.4 Å². The largest absolute Gasteiger partial charge is 0.497 e. The summed E-state index contributed by atoms with van der Waals surface area (Å²) in [4.78, 5) is 14.5. The van der Waals surface area contributed by atoms with Gasteiger partial charge in [0.05, 0.1) is 12.8 Å². The number of halogens is 1. The number of ether oxygens (including phenoxy) is 1. The third kappa shape index (κ3) is 4.06. The Morgan fingerprint density at radius 1 is 1.32 bits per heavy atom. The second-order valence-electron chi connectivity index (χ2n) is 6.73. The first-order valence-corrected chi connectivity index (χ1v) is 9.92. The number of piperidine rings is 1. The monoisotopic (exact) mass is 444 g/mol. The summed E-state index contributed by atoms with van der Waals surface area (Å²) in [6.45, 7) is 1.62. The van der Waals surface area contributed by atoms with Gasteiger partial charge in [0.2, 0.25) is 0 Å². The van der Waals surface area contributed by atoms with Crippen molar-refractivity contribution in [2.24, 2.45) is 0 Å². The van der Waals surface area contributed by atoms with E-state index < -0.39 is 0 Å². The van der Waals surface area contributed by atoms with Crippen LogP contribution in [0.2, 0.25) is 0 Å². The number of benzene rings is 1. The first-order valence-electron chi connectivity index (χ1n) is 9.13. The van der Waals surface area contributed by atoms with E-state index in [2.05, 4.69) is 36.3 Å². The molecule has 2 aromatic heterocycles. The van der Waals surface area contributed by atoms with E-state index in [1.165, 1.54) is 0 Å². The lowest BCUT2D eigenvalue weighted by molar-refractivity contribution is 0.0903. The van der Waals surface area contributed by atoms with Crippen LogP contribution in [0, 0.1) is 0 Å². The van der Waals surface area contributed by atoms with Gasteiger partial charge in [-0.25, -0.2) is 0 Å². The minimum atomic E-state index is -0.196. The van der Waals surface area contributed by atoms with Crippen LogP contribution >= 0.6 is 15.9 Å². The highest BCUT2D eigenvalue weighted by atomic mass is 79.9. The standard InChI is InChI=1S/C20H21BrN4O3/c1-27-15-6-4-13(5-7-15)16-11-19(24-23-16)25-10-2-3-14(12-25)22-20(26)17-8-9-18(21)28-17/h4-9,11,14H,2-3,10,12H2,1H3,(H,22,26)(H,23,24)/t14-/m1/s1. The van der Waals surface area contributed by atoms with Crippen molar-refractivity contribution in [2.75, 3.05) is 25.1 Å². The van der Waals surface area contributed by atoms with E-state index in [4.69, 9.17) is 9.15 Å². The minimum absolute atomic E-state index is 0.0475. The van der Waals surface area contributed by atoms with Crippen molar-refractivity contribution in [3.05, 3.63) is 52.9 Å². The normalized spacial score (nSPS) is 16.8. The van der Waals surface area contributed by atoms with Gasteiger partial charge in [0.25, 0.3) is 5.91 Å². The van der Waals surface area contributed by atoms with Gasteiger partial charge in [-0.1, -0.05) is 0 Å². The number of carbonyl (C=O) groups is 1. The number of methoxy groups -OCH3 is 1. The summed E-state index contributed by atoms with van der Waals surface area (Å²) in [7, 11) is 1.65. The molecule has 1 aromatic carbocycles. The van der Waals surface area contributed by atoms with Crippen LogP contribution in [0.5, 0.6) is 5.75 Å². The number of hydrogen-bond donors (Lipinski definition) is 2. The third-order valence-corrected chi connectivity index (χ3v) is 5.27. The van der Waals surface area contributed by atoms with Crippen LogP contribution in [-0.4, -0.2) is 42.3 Å². The summed E-state index contributed by atoms with van der Waals surface area (Å²) in [5.74, 6) is 1.82. The van der Waals surface area contributed by atoms with E-state index in [-0.39, 0.29) is 11.9 Å². The molecule has 0 spiro atoms. The number of aromatic nitrogens is 2. The van der Waals surface area contributed by atoms with Crippen molar-refractivity contribution >= 4 is 27.7 Å². The molecule has 8 heteroatoms. The molecule has 0 aliphatic carbocycles. The van der Waals surface area contributed by atoms with E-state index in [1.807, 2.05) is 30.3 Å². The van der Waals surface area contributed by atoms with Gasteiger partial charge in [-0.3, -0.25) is 9.89 Å². The van der Waals surface area contributed by atoms with Crippen molar-refractivity contribution in [1.82, 2.24) is 15.5 Å². The molecule has 0 unspecified atom stereocenters. The molecule has 0 bridgehead atoms. The molecule has 0 radical (unpaired) electrons. The van der Waals surface area contributed by atoms with Crippen LogP contribution in [-0.2, 0) is 0 Å². The number of hydrogen-bond acceptors (Lipinski definition) is 5. The average molecular weight is 445 g/mol. The van der Waals surface area contributed by atoms with Crippen molar-refractivity contribution < 1.29 is 13.9 Å². The van der Waals surface area contributed by atoms with E-state index in [0.717, 1.165) is 42.2 Å². The zero-order valence-electron chi connectivity index (χ0n) is 15.4. The summed E-state index contributed by atoms with van der Waals surface area (Å²) >= 11 is 3.22. The molecule has 3 heterocycles. The number of rotatable bonds is 5. The molecule has 4 rings (SSSR count). The van der Waals surface area contributed by atoms with Crippen LogP contribution in [0.15, 0.2) is 51.6 Å². The highest BCUT2D eigenvalue weighted by Gasteiger charge is 2.24. The van der Waals surface area contributed by atoms with Gasteiger partial charge in [0.1, 0.15) is 5.75 Å². The number of amides is 1. The van der Waals surface area contributed by atoms with Crippen molar-refractivity contribution in [1.29, 1.82) is 0 Å². The molecule has 1 fully saturated rings. The minimum Gasteiger partial charge on any atom is -0.497 e. The number of nitrogens with zero attached hydrogens (tertiary/aromatic N) is 2. The highest BCUT2D eigenvalue weighted by molar-refractivity contribution is 9.10. The maximum absolute atomic E-state index is 12.3. The molecule has 0 saturated carbocycles. The molecule has 1 aliphatic rings. The van der Waals surface area contributed by atoms with Gasteiger partial charge in [-0.2, -0.15) is 5.10 Å². The van der Waals surface area contributed by atoms with Gasteiger partial charge in [-0.05, 0) is 70.7 Å². The Balaban J connectivity index is 1.41. The Morgan fingerprint density at radius 2 is 2.14 bits per heavy atom. The van der Waals surface area contributed by atoms with Gasteiger partial charge in [-0.15, -0.1) is 0 Å². The lowest BCUT2D eigenvalue weighted by Gasteiger charge is -2.33. The second-order valence-corrected chi connectivity index (χ2v) is 7.51. The summed E-state index contributed by atoms with van der Waals surface area (Å²) < 4.78 is 11.1. The van der Waals surface area contributed by atoms with Crippen molar-refractivity contribution in [3.63, 3.8) is 0 Å². The maximum atomic E-state index is 12.3. The molecule has 1 aliphatic heterocycles. The number of anilines is 1. The van der Waals surface area contributed by atoms with Crippen molar-refractivity contribution in [2.45, 2.75) is 18.9 Å². The predicted octanol–water partition coefficient (Wildman–Crippen LogP) is 3.84. The molecule has 3 aromatic rings. The van der Waals surface area contributed by atoms with Crippen LogP contribution < -0.4 is 15.0 Å². The van der Waals surface area contributed by atoms with E-state index in [9.17, 15) is 4.79 Å². The van der Waals surface area contributed by atoms with Gasteiger partial charge >= 0.3 is 0 Å². The summed E-state index contributed by atoms with van der Waals surface area (Å²) in [6, 6.07) is 13.3. The van der Waals surface area contributed by atoms with Crippen LogP contribution in [0.3, 0.4) is 0 Å². The third-order valence-electron chi connectivity index (χ3n) is 4.84. The van der Waals surface area contributed by atoms with Crippen LogP contribution in [0.25, 0.3) is 11.3 Å². The Labute approximate surface area is 171 Å². The fourth-order valence-corrected chi connectivity index (χ4v) is 3.69. The smallest absolute Gasteiger partial charge is 0.287 e. The zero-order valence-corrected chi connectivity index (χ0v) is 17.0. The molecule has 28 heavy (non-hydrogen) atoms. The molecule has 146 valence electrons. The summed E-state index contributed by atoms with van der Waals surface area (Å²) in [6.07, 6.45) is 1.91.